The van der Waals surface area contributed by atoms with Crippen molar-refractivity contribution < 1.29 is 43.6 Å². The van der Waals surface area contributed by atoms with Crippen LogP contribution < -0.4 is 0 Å². The van der Waals surface area contributed by atoms with Gasteiger partial charge < -0.3 is 29.3 Å². The second-order valence-electron chi connectivity index (χ2n) is 8.52. The Kier molecular flexibility index (Phi) is 7.61. The molecule has 2 bridgehead atoms. The fraction of sp³-hybridized carbons (Fsp3) is 0.714. The van der Waals surface area contributed by atoms with Gasteiger partial charge in [0.05, 0.1) is 6.10 Å². The minimum Gasteiger partial charge on any atom is -0.458 e. The van der Waals surface area contributed by atoms with Crippen LogP contribution in [0.25, 0.3) is 0 Å². The molecule has 1 unspecified atom stereocenters. The number of nitrogens with zero attached hydrogens (tertiary/aromatic N) is 1. The molecule has 10 nitrogen and oxygen atoms in total. The Balaban J connectivity index is 2.56. The molecular weight excluding hydrogens is 410 g/mol. The number of hydrogen-bond acceptors (Lipinski definition) is 10. The summed E-state index contributed by atoms with van der Waals surface area (Å²) in [6, 6.07) is 0. The molecule has 2 N–H and O–H groups in total. The Bertz CT molecular complexity index is 777. The molecule has 31 heavy (non-hydrogen) atoms. The number of Topliss-reactive ketones (excluding diaryl/α,β-unsaturated/α-hetero) is 1. The Hall–Kier alpha value is -2.30. The lowest BCUT2D eigenvalue weighted by molar-refractivity contribution is -0.199. The van der Waals surface area contributed by atoms with Crippen molar-refractivity contribution in [2.24, 2.45) is 5.92 Å². The zero-order valence-corrected chi connectivity index (χ0v) is 18.5. The van der Waals surface area contributed by atoms with Gasteiger partial charge in [0, 0.05) is 37.9 Å². The van der Waals surface area contributed by atoms with Crippen LogP contribution in [-0.4, -0.2) is 89.0 Å². The predicted octanol–water partition coefficient (Wildman–Crippen LogP) is -0.254. The zero-order chi connectivity index (χ0) is 23.6. The lowest BCUT2D eigenvalue weighted by Gasteiger charge is -2.39. The first-order valence-electron chi connectivity index (χ1n) is 10.2. The minimum absolute atomic E-state index is 0.122. The highest BCUT2D eigenvalue weighted by Crippen LogP contribution is 2.34. The van der Waals surface area contributed by atoms with Crippen LogP contribution in [0.4, 0.5) is 0 Å². The molecule has 0 aromatic carbocycles. The molecule has 174 valence electrons. The normalized spacial score (nSPS) is 34.7. The molecule has 2 aliphatic rings. The van der Waals surface area contributed by atoms with E-state index in [-0.39, 0.29) is 18.6 Å². The summed E-state index contributed by atoms with van der Waals surface area (Å²) in [6.45, 7) is 5.55. The van der Waals surface area contributed by atoms with Gasteiger partial charge in [0.2, 0.25) is 11.4 Å². The van der Waals surface area contributed by atoms with Crippen LogP contribution in [0.5, 0.6) is 0 Å². The van der Waals surface area contributed by atoms with E-state index in [2.05, 4.69) is 0 Å². The van der Waals surface area contributed by atoms with Crippen molar-refractivity contribution in [2.45, 2.75) is 63.9 Å². The second-order valence-corrected chi connectivity index (χ2v) is 8.52. The topological polar surface area (TPSA) is 140 Å². The van der Waals surface area contributed by atoms with Crippen LogP contribution in [0.3, 0.4) is 0 Å². The van der Waals surface area contributed by atoms with E-state index >= 15 is 0 Å². The number of carbonyl (C=O) groups is 4. The van der Waals surface area contributed by atoms with E-state index in [4.69, 9.17) is 14.2 Å². The summed E-state index contributed by atoms with van der Waals surface area (Å²) in [5, 5.41) is 21.2. The molecule has 0 radical (unpaired) electrons. The van der Waals surface area contributed by atoms with E-state index in [9.17, 15) is 29.4 Å². The first-order chi connectivity index (χ1) is 14.3. The van der Waals surface area contributed by atoms with E-state index in [0.717, 1.165) is 6.92 Å². The number of carbonyl (C=O) groups excluding carboxylic acids is 4. The number of aliphatic hydroxyl groups excluding tert-OH is 1. The summed E-state index contributed by atoms with van der Waals surface area (Å²) < 4.78 is 16.0. The Labute approximate surface area is 181 Å². The van der Waals surface area contributed by atoms with Gasteiger partial charge in [-0.15, -0.1) is 0 Å². The van der Waals surface area contributed by atoms with Crippen molar-refractivity contribution in [1.29, 1.82) is 0 Å². The Morgan fingerprint density at radius 3 is 2.55 bits per heavy atom. The number of ketones is 1. The quantitative estimate of drug-likeness (QED) is 0.435. The molecule has 1 fully saturated rings. The third kappa shape index (κ3) is 5.31. The van der Waals surface area contributed by atoms with Gasteiger partial charge in [-0.3, -0.25) is 9.59 Å². The van der Waals surface area contributed by atoms with Crippen molar-refractivity contribution >= 4 is 23.7 Å². The molecule has 1 saturated heterocycles. The predicted molar refractivity (Wildman–Crippen MR) is 107 cm³/mol. The number of rotatable bonds is 2. The standard InChI is InChI=1S/C21H31NO9/c1-12-10-21(28,13(2)23)19(27)30-16-7-9-22(5)8-6-15(17(16)25)11-29-18(26)20(12,4)31-14(3)24/h6,12-13,16,23,28H,7-11H2,1-5H3/t12-,13+,16?,20-,21+/m1/s1. The Morgan fingerprint density at radius 2 is 1.97 bits per heavy atom. The average molecular weight is 441 g/mol. The second kappa shape index (κ2) is 9.46. The van der Waals surface area contributed by atoms with Crippen LogP contribution >= 0.6 is 0 Å². The van der Waals surface area contributed by atoms with Gasteiger partial charge in [-0.2, -0.15) is 0 Å². The molecule has 2 heterocycles. The number of likely N-dealkylation sites (N-methyl/N-ethyl adjacent to an activating group) is 1. The maximum Gasteiger partial charge on any atom is 0.350 e. The van der Waals surface area contributed by atoms with Gasteiger partial charge in [-0.1, -0.05) is 13.0 Å². The van der Waals surface area contributed by atoms with Gasteiger partial charge in [0.25, 0.3) is 0 Å². The van der Waals surface area contributed by atoms with Gasteiger partial charge in [-0.25, -0.2) is 9.59 Å². The fourth-order valence-corrected chi connectivity index (χ4v) is 3.62. The van der Waals surface area contributed by atoms with Gasteiger partial charge >= 0.3 is 17.9 Å². The van der Waals surface area contributed by atoms with Crippen LogP contribution in [0.2, 0.25) is 0 Å². The summed E-state index contributed by atoms with van der Waals surface area (Å²) in [7, 11) is 1.81. The summed E-state index contributed by atoms with van der Waals surface area (Å²) in [6.07, 6.45) is -1.53. The molecule has 0 aliphatic carbocycles. The van der Waals surface area contributed by atoms with Crippen LogP contribution in [-0.2, 0) is 33.4 Å². The SMILES string of the molecule is CC(=O)O[C@@]1(C)C(=O)OCC2=CCN(C)CCC(OC(=O)[C@@](O)([C@H](C)O)C[C@H]1C)C2=O. The lowest BCUT2D eigenvalue weighted by atomic mass is 9.78. The van der Waals surface area contributed by atoms with E-state index < -0.39 is 59.4 Å². The number of hydrogen-bond donors (Lipinski definition) is 2. The number of ether oxygens (including phenoxy) is 3. The van der Waals surface area contributed by atoms with Crippen LogP contribution in [0.1, 0.15) is 40.5 Å². The smallest absolute Gasteiger partial charge is 0.350 e. The van der Waals surface area contributed by atoms with E-state index in [1.807, 2.05) is 11.9 Å². The maximum atomic E-state index is 13.0. The van der Waals surface area contributed by atoms with Crippen molar-refractivity contribution in [1.82, 2.24) is 4.90 Å². The summed E-state index contributed by atoms with van der Waals surface area (Å²) in [5.41, 5.74) is -4.20. The molecule has 0 spiro atoms. The van der Waals surface area contributed by atoms with Crippen LogP contribution in [0, 0.1) is 5.92 Å². The van der Waals surface area contributed by atoms with E-state index in [1.54, 1.807) is 6.08 Å². The molecule has 0 aromatic rings. The Morgan fingerprint density at radius 1 is 1.32 bits per heavy atom. The molecule has 0 aromatic heterocycles. The highest BCUT2D eigenvalue weighted by Gasteiger charge is 2.53. The van der Waals surface area contributed by atoms with Crippen molar-refractivity contribution in [2.75, 3.05) is 26.7 Å². The third-order valence-corrected chi connectivity index (χ3v) is 6.00. The zero-order valence-electron chi connectivity index (χ0n) is 18.5. The molecule has 2 aliphatic heterocycles. The van der Waals surface area contributed by atoms with E-state index in [1.165, 1.54) is 20.8 Å². The monoisotopic (exact) mass is 441 g/mol. The molecule has 10 heteroatoms. The summed E-state index contributed by atoms with van der Waals surface area (Å²) in [5.74, 6) is -4.39. The summed E-state index contributed by atoms with van der Waals surface area (Å²) in [4.78, 5) is 52.4. The minimum atomic E-state index is -2.45. The van der Waals surface area contributed by atoms with Gasteiger partial charge in [0.15, 0.2) is 11.7 Å². The highest BCUT2D eigenvalue weighted by molar-refractivity contribution is 6.01. The van der Waals surface area contributed by atoms with Gasteiger partial charge in [0.1, 0.15) is 6.61 Å². The number of esters is 3. The van der Waals surface area contributed by atoms with Crippen molar-refractivity contribution in [3.63, 3.8) is 0 Å². The third-order valence-electron chi connectivity index (χ3n) is 6.00. The summed E-state index contributed by atoms with van der Waals surface area (Å²) >= 11 is 0. The van der Waals surface area contributed by atoms with Crippen molar-refractivity contribution in [3.8, 4) is 0 Å². The van der Waals surface area contributed by atoms with E-state index in [0.29, 0.717) is 13.1 Å². The van der Waals surface area contributed by atoms with Crippen molar-refractivity contribution in [3.05, 3.63) is 11.6 Å². The first-order valence-corrected chi connectivity index (χ1v) is 10.2. The number of aliphatic hydroxyl groups is 2. The number of cyclic esters (lactones) is 1. The largest absolute Gasteiger partial charge is 0.458 e. The maximum absolute atomic E-state index is 13.0. The molecule has 0 amide bonds. The molecule has 2 rings (SSSR count). The molecule has 5 atom stereocenters. The van der Waals surface area contributed by atoms with Gasteiger partial charge in [-0.05, 0) is 27.3 Å². The molecular formula is C21H31NO9. The molecule has 0 saturated carbocycles. The first kappa shape index (κ1) is 25.0. The average Bonchev–Trinajstić information content (AvgIpc) is 2.67. The number of fused-ring (bicyclic) bond motifs is 2. The fourth-order valence-electron chi connectivity index (χ4n) is 3.62. The highest BCUT2D eigenvalue weighted by atomic mass is 16.6. The van der Waals surface area contributed by atoms with Crippen LogP contribution in [0.15, 0.2) is 11.6 Å². The lowest BCUT2D eigenvalue weighted by Crippen LogP contribution is -2.57.